The van der Waals surface area contributed by atoms with Crippen molar-refractivity contribution in [1.29, 1.82) is 0 Å². The maximum atomic E-state index is 12.1. The first-order valence-electron chi connectivity index (χ1n) is 5.60. The molecule has 2 nitrogen and oxygen atoms in total. The van der Waals surface area contributed by atoms with E-state index in [1.807, 2.05) is 0 Å². The van der Waals surface area contributed by atoms with Crippen molar-refractivity contribution < 1.29 is 41.6 Å². The van der Waals surface area contributed by atoms with Gasteiger partial charge in [0.2, 0.25) is 0 Å². The van der Waals surface area contributed by atoms with Crippen molar-refractivity contribution in [2.75, 3.05) is 0 Å². The Kier molecular flexibility index (Phi) is 6.47. The fraction of sp³-hybridized carbons (Fsp3) is 0.364. The first-order valence-corrected chi connectivity index (χ1v) is 11.8. The van der Waals surface area contributed by atoms with Gasteiger partial charge in [-0.3, -0.25) is 0 Å². The summed E-state index contributed by atoms with van der Waals surface area (Å²) in [6, 6.07) is 3.96. The molecule has 1 aromatic carbocycles. The van der Waals surface area contributed by atoms with Crippen molar-refractivity contribution >= 4 is 35.2 Å². The van der Waals surface area contributed by atoms with Gasteiger partial charge in [-0.1, -0.05) is 52.3 Å². The molecule has 0 radical (unpaired) electrons. The van der Waals surface area contributed by atoms with E-state index >= 15 is 0 Å². The first-order chi connectivity index (χ1) is 9.50. The Bertz CT molecular complexity index is 560. The summed E-state index contributed by atoms with van der Waals surface area (Å²) in [4.78, 5) is 0. The second-order valence-electron chi connectivity index (χ2n) is 5.23. The molecule has 0 saturated carbocycles. The van der Waals surface area contributed by atoms with Crippen molar-refractivity contribution in [3.8, 4) is 5.75 Å². The molecule has 1 rings (SSSR count). The Balaban J connectivity index is 0.00000135. The molecular formula is C11H14Cl2F5NOSTi. The molecule has 11 heteroatoms. The van der Waals surface area contributed by atoms with Crippen molar-refractivity contribution in [1.82, 2.24) is 0 Å². The summed E-state index contributed by atoms with van der Waals surface area (Å²) >= 11 is -0.556. The summed E-state index contributed by atoms with van der Waals surface area (Å²) in [5.41, 5.74) is -0.595. The van der Waals surface area contributed by atoms with E-state index in [0.717, 1.165) is 6.07 Å². The van der Waals surface area contributed by atoms with E-state index in [1.165, 1.54) is 16.5 Å². The van der Waals surface area contributed by atoms with Crippen molar-refractivity contribution in [3.05, 3.63) is 29.3 Å². The standard InChI is InChI=1S/C11H14F5NOS.2ClH.Ti/c1-11(2,3)9-6-4-5-8(10(9)18)7-17-19(12,13,14,15)16;;;/h4-7,18H,1-3H3;2*1H;/q;;;+2/p-2/b17-7+;;;. The summed E-state index contributed by atoms with van der Waals surface area (Å²) < 4.78 is 61.9. The molecule has 0 amide bonds. The third-order valence-corrected chi connectivity index (χ3v) is 2.77. The number of halogens is 7. The normalized spacial score (nSPS) is 15.5. The van der Waals surface area contributed by atoms with Crippen LogP contribution in [-0.4, -0.2) is 11.3 Å². The summed E-state index contributed by atoms with van der Waals surface area (Å²) in [6.45, 7) is 5.19. The van der Waals surface area contributed by atoms with Crippen molar-refractivity contribution in [2.24, 2.45) is 4.40 Å². The van der Waals surface area contributed by atoms with Gasteiger partial charge in [-0.25, -0.2) is 0 Å². The second-order valence-corrected chi connectivity index (χ2v) is 9.87. The summed E-state index contributed by atoms with van der Waals surface area (Å²) in [7, 11) is -0.0866. The molecule has 22 heavy (non-hydrogen) atoms. The van der Waals surface area contributed by atoms with Crippen LogP contribution in [-0.2, 0) is 22.4 Å². The molecule has 0 unspecified atom stereocenters. The Morgan fingerprint density at radius 3 is 1.95 bits per heavy atom. The van der Waals surface area contributed by atoms with E-state index in [9.17, 15) is 24.5 Å². The van der Waals surface area contributed by atoms with Crippen molar-refractivity contribution in [3.63, 3.8) is 0 Å². The van der Waals surface area contributed by atoms with Crippen LogP contribution in [0.1, 0.15) is 31.9 Å². The number of phenolic OH excluding ortho intramolecular Hbond substituents is 1. The molecule has 0 aromatic heterocycles. The number of nitrogens with zero attached hydrogens (tertiary/aromatic N) is 1. The molecule has 0 aliphatic rings. The third kappa shape index (κ3) is 9.20. The first kappa shape index (κ1) is 22.0. The van der Waals surface area contributed by atoms with Crippen LogP contribution in [0, 0.1) is 0 Å². The van der Waals surface area contributed by atoms with Crippen LogP contribution < -0.4 is 0 Å². The minimum atomic E-state index is -9.86. The van der Waals surface area contributed by atoms with Crippen LogP contribution in [0.25, 0.3) is 0 Å². The van der Waals surface area contributed by atoms with E-state index in [-0.39, 0.29) is 6.21 Å². The van der Waals surface area contributed by atoms with E-state index < -0.39 is 44.2 Å². The third-order valence-electron chi connectivity index (χ3n) is 2.27. The van der Waals surface area contributed by atoms with Crippen LogP contribution >= 0.6 is 29.0 Å². The van der Waals surface area contributed by atoms with Gasteiger partial charge in [0.05, 0.1) is 6.21 Å². The number of aromatic hydroxyl groups is 1. The Hall–Kier alpha value is -0.0157. The fourth-order valence-corrected chi connectivity index (χ4v) is 1.74. The van der Waals surface area contributed by atoms with Gasteiger partial charge in [0.25, 0.3) is 0 Å². The number of rotatable bonds is 2. The molecule has 128 valence electrons. The van der Waals surface area contributed by atoms with Gasteiger partial charge in [-0.15, -0.1) is 4.40 Å². The predicted molar refractivity (Wildman–Crippen MR) is 79.2 cm³/mol. The average molecular weight is 422 g/mol. The van der Waals surface area contributed by atoms with Crippen LogP contribution in [0.3, 0.4) is 0 Å². The molecule has 1 aromatic rings. The molecule has 0 bridgehead atoms. The van der Waals surface area contributed by atoms with Gasteiger partial charge < -0.3 is 5.11 Å². The van der Waals surface area contributed by atoms with Gasteiger partial charge in [-0.2, -0.15) is 0 Å². The van der Waals surface area contributed by atoms with Crippen LogP contribution in [0.2, 0.25) is 0 Å². The zero-order valence-electron chi connectivity index (χ0n) is 11.8. The van der Waals surface area contributed by atoms with E-state index in [2.05, 4.69) is 0 Å². The SMILES string of the molecule is CC(C)(C)c1cccc(/C=N/S(F)(F)(F)(F)F)c1O.[Cl][Ti][Cl]. The molecule has 1 N–H and O–H groups in total. The topological polar surface area (TPSA) is 32.6 Å². The summed E-state index contributed by atoms with van der Waals surface area (Å²) in [5, 5.41) is 9.80. The minimum absolute atomic E-state index is 0.0495. The summed E-state index contributed by atoms with van der Waals surface area (Å²) in [5.74, 6) is -0.486. The van der Waals surface area contributed by atoms with Crippen LogP contribution in [0.5, 0.6) is 5.75 Å². The van der Waals surface area contributed by atoms with Gasteiger partial charge in [-0.05, 0) is 17.0 Å². The molecule has 0 fully saturated rings. The summed E-state index contributed by atoms with van der Waals surface area (Å²) in [6.07, 6.45) is -0.0495. The molecule has 0 spiro atoms. The molecule has 0 saturated heterocycles. The average Bonchev–Trinajstić information content (AvgIpc) is 2.24. The predicted octanol–water partition coefficient (Wildman–Crippen LogP) is 6.70. The molecular weight excluding hydrogens is 408 g/mol. The van der Waals surface area contributed by atoms with Gasteiger partial charge in [0.15, 0.2) is 0 Å². The number of benzene rings is 1. The number of hydrogen-bond acceptors (Lipinski definition) is 2. The number of phenols is 1. The van der Waals surface area contributed by atoms with E-state index in [1.54, 1.807) is 20.8 Å². The van der Waals surface area contributed by atoms with Gasteiger partial charge >= 0.3 is 46.1 Å². The molecule has 0 aliphatic carbocycles. The molecule has 0 atom stereocenters. The zero-order chi connectivity index (χ0) is 17.9. The van der Waals surface area contributed by atoms with Gasteiger partial charge in [0.1, 0.15) is 5.75 Å². The zero-order valence-corrected chi connectivity index (χ0v) is 15.6. The monoisotopic (exact) mass is 421 g/mol. The molecule has 0 aliphatic heterocycles. The van der Waals surface area contributed by atoms with Crippen LogP contribution in [0.15, 0.2) is 22.6 Å². The Morgan fingerprint density at radius 2 is 1.59 bits per heavy atom. The number of para-hydroxylation sites is 1. The Labute approximate surface area is 142 Å². The molecule has 0 heterocycles. The quantitative estimate of drug-likeness (QED) is 0.321. The fourth-order valence-electron chi connectivity index (χ4n) is 1.43. The van der Waals surface area contributed by atoms with Crippen LogP contribution in [0.4, 0.5) is 19.4 Å². The van der Waals surface area contributed by atoms with Gasteiger partial charge in [0, 0.05) is 5.56 Å². The second kappa shape index (κ2) is 6.47. The maximum absolute atomic E-state index is 12.1. The van der Waals surface area contributed by atoms with Crippen molar-refractivity contribution in [2.45, 2.75) is 26.2 Å². The Morgan fingerprint density at radius 1 is 1.14 bits per heavy atom. The van der Waals surface area contributed by atoms with E-state index in [4.69, 9.17) is 18.6 Å². The number of hydrogen-bond donors (Lipinski definition) is 1. The van der Waals surface area contributed by atoms with E-state index in [0.29, 0.717) is 5.56 Å².